The molecule has 0 aliphatic carbocycles. The monoisotopic (exact) mass is 335 g/mol. The van der Waals surface area contributed by atoms with E-state index < -0.39 is 38.3 Å². The maximum Gasteiger partial charge on any atom is 0.246 e. The Hall–Kier alpha value is -1.09. The number of rotatable bonds is 4. The van der Waals surface area contributed by atoms with Gasteiger partial charge in [0.15, 0.2) is 11.6 Å². The zero-order chi connectivity index (χ0) is 16.5. The number of ether oxygens (including phenoxy) is 2. The normalized spacial score (nSPS) is 22.7. The molecule has 0 N–H and O–H groups in total. The molecule has 1 aliphatic heterocycles. The van der Waals surface area contributed by atoms with Crippen molar-refractivity contribution in [3.05, 3.63) is 29.8 Å². The highest BCUT2D eigenvalue weighted by Crippen LogP contribution is 2.28. The fraction of sp³-hybridized carbons (Fsp3) is 0.571. The minimum Gasteiger partial charge on any atom is -0.382 e. The Labute approximate surface area is 128 Å². The summed E-state index contributed by atoms with van der Waals surface area (Å²) < 4.78 is 64.3. The fourth-order valence-electron chi connectivity index (χ4n) is 2.52. The van der Waals surface area contributed by atoms with Gasteiger partial charge in [-0.1, -0.05) is 6.07 Å². The Balaban J connectivity index is 2.37. The molecule has 1 aromatic rings. The van der Waals surface area contributed by atoms with Crippen LogP contribution in [0.3, 0.4) is 0 Å². The van der Waals surface area contributed by atoms with Gasteiger partial charge >= 0.3 is 0 Å². The van der Waals surface area contributed by atoms with Crippen LogP contribution in [0, 0.1) is 11.6 Å². The van der Waals surface area contributed by atoms with E-state index >= 15 is 0 Å². The molecule has 1 aromatic carbocycles. The van der Waals surface area contributed by atoms with Gasteiger partial charge in [0.2, 0.25) is 10.0 Å². The van der Waals surface area contributed by atoms with Crippen LogP contribution >= 0.6 is 0 Å². The van der Waals surface area contributed by atoms with Crippen molar-refractivity contribution >= 4 is 10.0 Å². The quantitative estimate of drug-likeness (QED) is 0.842. The molecule has 0 radical (unpaired) electrons. The Bertz CT molecular complexity index is 648. The lowest BCUT2D eigenvalue weighted by Crippen LogP contribution is -2.55. The minimum atomic E-state index is -4.15. The summed E-state index contributed by atoms with van der Waals surface area (Å²) in [5.41, 5.74) is -0.752. The molecule has 124 valence electrons. The number of halogens is 2. The average molecular weight is 335 g/mol. The molecular weight excluding hydrogens is 316 g/mol. The first kappa shape index (κ1) is 17.3. The molecule has 0 saturated carbocycles. The van der Waals surface area contributed by atoms with Crippen LogP contribution in [0.4, 0.5) is 8.78 Å². The summed E-state index contributed by atoms with van der Waals surface area (Å²) in [4.78, 5) is -0.665. The van der Waals surface area contributed by atoms with Crippen molar-refractivity contribution in [3.63, 3.8) is 0 Å². The highest BCUT2D eigenvalue weighted by atomic mass is 32.2. The maximum atomic E-state index is 13.9. The summed E-state index contributed by atoms with van der Waals surface area (Å²) in [6.07, 6.45) is -0.472. The Kier molecular flexibility index (Phi) is 4.86. The van der Waals surface area contributed by atoms with Crippen molar-refractivity contribution < 1.29 is 26.7 Å². The zero-order valence-electron chi connectivity index (χ0n) is 12.7. The molecule has 0 spiro atoms. The van der Waals surface area contributed by atoms with Crippen LogP contribution in [-0.4, -0.2) is 51.2 Å². The van der Waals surface area contributed by atoms with Crippen LogP contribution < -0.4 is 0 Å². The number of methoxy groups -OCH3 is 1. The predicted octanol–water partition coefficient (Wildman–Crippen LogP) is 1.78. The van der Waals surface area contributed by atoms with Gasteiger partial charge < -0.3 is 9.47 Å². The van der Waals surface area contributed by atoms with E-state index in [0.29, 0.717) is 0 Å². The van der Waals surface area contributed by atoms with Gasteiger partial charge in [0.1, 0.15) is 4.90 Å². The number of sulfonamides is 1. The second-order valence-corrected chi connectivity index (χ2v) is 7.71. The Morgan fingerprint density at radius 3 is 2.73 bits per heavy atom. The van der Waals surface area contributed by atoms with Gasteiger partial charge in [-0.2, -0.15) is 4.31 Å². The Morgan fingerprint density at radius 1 is 1.41 bits per heavy atom. The van der Waals surface area contributed by atoms with Gasteiger partial charge in [0.25, 0.3) is 0 Å². The molecule has 1 atom stereocenters. The molecule has 1 fully saturated rings. The zero-order valence-corrected chi connectivity index (χ0v) is 13.5. The van der Waals surface area contributed by atoms with Gasteiger partial charge in [-0.3, -0.25) is 0 Å². The van der Waals surface area contributed by atoms with E-state index in [1.54, 1.807) is 13.8 Å². The maximum absolute atomic E-state index is 13.9. The van der Waals surface area contributed by atoms with Gasteiger partial charge in [0.05, 0.1) is 18.3 Å². The van der Waals surface area contributed by atoms with Crippen molar-refractivity contribution in [3.8, 4) is 0 Å². The summed E-state index contributed by atoms with van der Waals surface area (Å²) in [6, 6.07) is 3.11. The van der Waals surface area contributed by atoms with E-state index in [1.807, 2.05) is 0 Å². The second-order valence-electron chi connectivity index (χ2n) is 5.80. The summed E-state index contributed by atoms with van der Waals surface area (Å²) in [5.74, 6) is -2.56. The molecule has 1 aliphatic rings. The third-order valence-electron chi connectivity index (χ3n) is 3.34. The van der Waals surface area contributed by atoms with Crippen LogP contribution in [0.15, 0.2) is 23.1 Å². The van der Waals surface area contributed by atoms with E-state index in [1.165, 1.54) is 13.2 Å². The minimum absolute atomic E-state index is 0.0234. The summed E-state index contributed by atoms with van der Waals surface area (Å²) >= 11 is 0. The third kappa shape index (κ3) is 3.45. The van der Waals surface area contributed by atoms with E-state index in [4.69, 9.17) is 9.47 Å². The standard InChI is InChI=1S/C14H19F2NO4S/c1-14(2)9-17(7-10(21-14)8-20-3)22(18,19)12-6-4-5-11(15)13(12)16/h4-6,10H,7-9H2,1-3H3/t10-/m0/s1. The molecular formula is C14H19F2NO4S. The molecule has 1 saturated heterocycles. The highest BCUT2D eigenvalue weighted by molar-refractivity contribution is 7.89. The predicted molar refractivity (Wildman–Crippen MR) is 75.9 cm³/mol. The van der Waals surface area contributed by atoms with Crippen LogP contribution in [0.2, 0.25) is 0 Å². The lowest BCUT2D eigenvalue weighted by Gasteiger charge is -2.41. The van der Waals surface area contributed by atoms with E-state index in [2.05, 4.69) is 0 Å². The second kappa shape index (κ2) is 6.19. The highest BCUT2D eigenvalue weighted by Gasteiger charge is 2.40. The number of hydrogen-bond acceptors (Lipinski definition) is 4. The van der Waals surface area contributed by atoms with Crippen molar-refractivity contribution in [1.29, 1.82) is 0 Å². The summed E-state index contributed by atoms with van der Waals surface area (Å²) in [6.45, 7) is 3.75. The first-order valence-corrected chi connectivity index (χ1v) is 8.22. The fourth-order valence-corrected chi connectivity index (χ4v) is 4.22. The van der Waals surface area contributed by atoms with Crippen LogP contribution in [0.25, 0.3) is 0 Å². The van der Waals surface area contributed by atoms with E-state index in [-0.39, 0.29) is 19.7 Å². The topological polar surface area (TPSA) is 55.8 Å². The Morgan fingerprint density at radius 2 is 2.09 bits per heavy atom. The number of benzene rings is 1. The van der Waals surface area contributed by atoms with Crippen LogP contribution in [0.1, 0.15) is 13.8 Å². The summed E-state index contributed by atoms with van der Waals surface area (Å²) in [7, 11) is -2.67. The smallest absolute Gasteiger partial charge is 0.246 e. The molecule has 8 heteroatoms. The largest absolute Gasteiger partial charge is 0.382 e. The van der Waals surface area contributed by atoms with Gasteiger partial charge in [-0.05, 0) is 26.0 Å². The third-order valence-corrected chi connectivity index (χ3v) is 5.17. The molecule has 0 bridgehead atoms. The molecule has 1 heterocycles. The number of morpholine rings is 1. The number of nitrogens with zero attached hydrogens (tertiary/aromatic N) is 1. The molecule has 0 aromatic heterocycles. The molecule has 22 heavy (non-hydrogen) atoms. The SMILES string of the molecule is COC[C@@H]1CN(S(=O)(=O)c2cccc(F)c2F)CC(C)(C)O1. The van der Waals surface area contributed by atoms with Crippen LogP contribution in [0.5, 0.6) is 0 Å². The summed E-state index contributed by atoms with van der Waals surface area (Å²) in [5, 5.41) is 0. The van der Waals surface area contributed by atoms with Crippen molar-refractivity contribution in [2.75, 3.05) is 26.8 Å². The van der Waals surface area contributed by atoms with Crippen molar-refractivity contribution in [2.45, 2.75) is 30.4 Å². The van der Waals surface area contributed by atoms with Gasteiger partial charge in [-0.15, -0.1) is 0 Å². The van der Waals surface area contributed by atoms with Gasteiger partial charge in [-0.25, -0.2) is 17.2 Å². The molecule has 2 rings (SSSR count). The van der Waals surface area contributed by atoms with E-state index in [0.717, 1.165) is 16.4 Å². The first-order chi connectivity index (χ1) is 10.2. The first-order valence-electron chi connectivity index (χ1n) is 6.78. The van der Waals surface area contributed by atoms with Crippen LogP contribution in [-0.2, 0) is 19.5 Å². The molecule has 5 nitrogen and oxygen atoms in total. The molecule has 0 unspecified atom stereocenters. The van der Waals surface area contributed by atoms with Gasteiger partial charge in [0, 0.05) is 20.2 Å². The average Bonchev–Trinajstić information content (AvgIpc) is 2.40. The molecule has 0 amide bonds. The lowest BCUT2D eigenvalue weighted by molar-refractivity contribution is -0.135. The lowest BCUT2D eigenvalue weighted by atomic mass is 10.1. The van der Waals surface area contributed by atoms with Crippen molar-refractivity contribution in [2.24, 2.45) is 0 Å². The number of hydrogen-bond donors (Lipinski definition) is 0. The van der Waals surface area contributed by atoms with Crippen molar-refractivity contribution in [1.82, 2.24) is 4.31 Å². The van der Waals surface area contributed by atoms with E-state index in [9.17, 15) is 17.2 Å².